The average Bonchev–Trinajstić information content (AvgIpc) is 2.38. The second-order valence-electron chi connectivity index (χ2n) is 3.26. The first-order valence-electron chi connectivity index (χ1n) is 5.63. The quantitative estimate of drug-likeness (QED) is 0.595. The van der Waals surface area contributed by atoms with Crippen molar-refractivity contribution >= 4 is 24.4 Å². The van der Waals surface area contributed by atoms with Crippen LogP contribution in [0.5, 0.6) is 0 Å². The van der Waals surface area contributed by atoms with Gasteiger partial charge in [0.2, 0.25) is 0 Å². The van der Waals surface area contributed by atoms with Crippen molar-refractivity contribution in [1.29, 1.82) is 0 Å². The van der Waals surface area contributed by atoms with Crippen LogP contribution in [0.25, 0.3) is 0 Å². The Bertz CT molecular complexity index is 418. The molecule has 0 fully saturated rings. The second kappa shape index (κ2) is 7.61. The standard InChI is InChI=1S/C11H17N2O3PS/c1-3-15-17(18,16-4-2)13-12-11(14)10-8-6-5-7-9-10/h5-9H,3-4H2,1-2H3,(H,12,14)(H,13,18). The fourth-order valence-electron chi connectivity index (χ4n) is 1.22. The van der Waals surface area contributed by atoms with Crippen LogP contribution in [0.1, 0.15) is 24.2 Å². The van der Waals surface area contributed by atoms with Gasteiger partial charge in [-0.25, -0.2) is 0 Å². The van der Waals surface area contributed by atoms with Crippen molar-refractivity contribution in [3.05, 3.63) is 35.9 Å². The van der Waals surface area contributed by atoms with Gasteiger partial charge < -0.3 is 9.05 Å². The molecule has 7 heteroatoms. The van der Waals surface area contributed by atoms with Gasteiger partial charge in [-0.15, -0.1) is 0 Å². The highest BCUT2D eigenvalue weighted by Gasteiger charge is 2.18. The van der Waals surface area contributed by atoms with Crippen LogP contribution in [0, 0.1) is 0 Å². The zero-order chi connectivity index (χ0) is 13.4. The molecule has 0 aliphatic carbocycles. The Hall–Kier alpha value is -0.780. The molecule has 18 heavy (non-hydrogen) atoms. The molecule has 0 aliphatic rings. The maximum atomic E-state index is 11.8. The molecule has 0 spiro atoms. The number of carbonyl (C=O) groups excluding carboxylic acids is 1. The summed E-state index contributed by atoms with van der Waals surface area (Å²) < 4.78 is 10.7. The first-order chi connectivity index (χ1) is 8.61. The van der Waals surface area contributed by atoms with Crippen LogP contribution < -0.4 is 10.6 Å². The number of nitrogens with one attached hydrogen (secondary N) is 2. The van der Waals surface area contributed by atoms with Gasteiger partial charge in [0.15, 0.2) is 0 Å². The van der Waals surface area contributed by atoms with Crippen LogP contribution in [-0.2, 0) is 20.9 Å². The SMILES string of the molecule is CCOP(=S)(NNC(=O)c1ccccc1)OCC. The van der Waals surface area contributed by atoms with E-state index in [0.29, 0.717) is 18.8 Å². The Labute approximate surface area is 112 Å². The minimum absolute atomic E-state index is 0.274. The lowest BCUT2D eigenvalue weighted by molar-refractivity contribution is 0.0939. The van der Waals surface area contributed by atoms with Gasteiger partial charge in [-0.2, -0.15) is 5.20 Å². The number of rotatable bonds is 7. The number of carbonyl (C=O) groups is 1. The van der Waals surface area contributed by atoms with E-state index in [1.54, 1.807) is 24.3 Å². The molecule has 0 heterocycles. The maximum Gasteiger partial charge on any atom is 0.279 e. The lowest BCUT2D eigenvalue weighted by atomic mass is 10.2. The molecule has 0 unspecified atom stereocenters. The van der Waals surface area contributed by atoms with Crippen molar-refractivity contribution < 1.29 is 13.8 Å². The summed E-state index contributed by atoms with van der Waals surface area (Å²) in [5, 5.41) is 2.68. The monoisotopic (exact) mass is 288 g/mol. The van der Waals surface area contributed by atoms with E-state index in [0.717, 1.165) is 0 Å². The topological polar surface area (TPSA) is 59.6 Å². The largest absolute Gasteiger partial charge is 0.317 e. The third kappa shape index (κ3) is 4.84. The summed E-state index contributed by atoms with van der Waals surface area (Å²) in [7, 11) is 0. The number of benzene rings is 1. The maximum absolute atomic E-state index is 11.8. The highest BCUT2D eigenvalue weighted by atomic mass is 32.5. The van der Waals surface area contributed by atoms with E-state index >= 15 is 0 Å². The van der Waals surface area contributed by atoms with Gasteiger partial charge >= 0.3 is 0 Å². The number of hydrazine groups is 1. The lowest BCUT2D eigenvalue weighted by Crippen LogP contribution is -2.36. The third-order valence-corrected chi connectivity index (χ3v) is 4.43. The zero-order valence-electron chi connectivity index (χ0n) is 10.4. The molecule has 0 atom stereocenters. The van der Waals surface area contributed by atoms with Gasteiger partial charge in [-0.3, -0.25) is 10.2 Å². The molecular weight excluding hydrogens is 271 g/mol. The van der Waals surface area contributed by atoms with Gasteiger partial charge in [-0.1, -0.05) is 18.2 Å². The number of amides is 1. The second-order valence-corrected chi connectivity index (χ2v) is 6.44. The van der Waals surface area contributed by atoms with Gasteiger partial charge in [0.25, 0.3) is 12.5 Å². The summed E-state index contributed by atoms with van der Waals surface area (Å²) in [4.78, 5) is 11.8. The van der Waals surface area contributed by atoms with Crippen molar-refractivity contribution in [2.45, 2.75) is 13.8 Å². The van der Waals surface area contributed by atoms with Gasteiger partial charge in [0.1, 0.15) is 0 Å². The number of hydrogen-bond donors (Lipinski definition) is 2. The Morgan fingerprint density at radius 2 is 1.78 bits per heavy atom. The van der Waals surface area contributed by atoms with Crippen LogP contribution in [0.4, 0.5) is 0 Å². The minimum atomic E-state index is -2.64. The van der Waals surface area contributed by atoms with Gasteiger partial charge in [0, 0.05) is 5.56 Å². The van der Waals surface area contributed by atoms with E-state index in [1.165, 1.54) is 0 Å². The molecule has 0 aromatic heterocycles. The van der Waals surface area contributed by atoms with E-state index in [2.05, 4.69) is 10.6 Å². The van der Waals surface area contributed by atoms with E-state index in [4.69, 9.17) is 20.9 Å². The lowest BCUT2D eigenvalue weighted by Gasteiger charge is -2.21. The molecule has 0 bridgehead atoms. The van der Waals surface area contributed by atoms with Gasteiger partial charge in [0.05, 0.1) is 13.2 Å². The van der Waals surface area contributed by atoms with Crippen LogP contribution >= 0.6 is 6.64 Å². The Morgan fingerprint density at radius 1 is 1.22 bits per heavy atom. The summed E-state index contributed by atoms with van der Waals surface area (Å²) in [6.45, 7) is 1.84. The smallest absolute Gasteiger partial charge is 0.279 e. The first kappa shape index (κ1) is 15.3. The fourth-order valence-corrected chi connectivity index (χ4v) is 3.11. The fraction of sp³-hybridized carbons (Fsp3) is 0.364. The molecule has 2 N–H and O–H groups in total. The van der Waals surface area contributed by atoms with E-state index in [1.807, 2.05) is 19.9 Å². The molecule has 0 saturated carbocycles. The molecule has 0 aliphatic heterocycles. The molecule has 100 valence electrons. The predicted molar refractivity (Wildman–Crippen MR) is 74.6 cm³/mol. The summed E-state index contributed by atoms with van der Waals surface area (Å²) in [5.41, 5.74) is 3.06. The molecule has 1 aromatic rings. The molecule has 0 radical (unpaired) electrons. The molecule has 1 amide bonds. The van der Waals surface area contributed by atoms with Crippen LogP contribution in [0.2, 0.25) is 0 Å². The molecule has 0 saturated heterocycles. The van der Waals surface area contributed by atoms with Crippen molar-refractivity contribution in [3.63, 3.8) is 0 Å². The van der Waals surface area contributed by atoms with Crippen molar-refractivity contribution in [2.24, 2.45) is 0 Å². The first-order valence-corrected chi connectivity index (χ1v) is 8.27. The third-order valence-electron chi connectivity index (χ3n) is 1.94. The summed E-state index contributed by atoms with van der Waals surface area (Å²) in [6.07, 6.45) is 0. The Balaban J connectivity index is 2.58. The molecular formula is C11H17N2O3PS. The van der Waals surface area contributed by atoms with Gasteiger partial charge in [-0.05, 0) is 37.8 Å². The van der Waals surface area contributed by atoms with E-state index in [9.17, 15) is 4.79 Å². The van der Waals surface area contributed by atoms with Crippen molar-refractivity contribution in [1.82, 2.24) is 10.6 Å². The highest BCUT2D eigenvalue weighted by Crippen LogP contribution is 2.42. The molecule has 1 rings (SSSR count). The number of hydrogen-bond acceptors (Lipinski definition) is 4. The van der Waals surface area contributed by atoms with E-state index < -0.39 is 6.64 Å². The normalized spacial score (nSPS) is 11.2. The minimum Gasteiger partial charge on any atom is -0.317 e. The van der Waals surface area contributed by atoms with Crippen molar-refractivity contribution in [3.8, 4) is 0 Å². The predicted octanol–water partition coefficient (Wildman–Crippen LogP) is 2.22. The summed E-state index contributed by atoms with van der Waals surface area (Å²) in [5.74, 6) is -0.274. The average molecular weight is 288 g/mol. The van der Waals surface area contributed by atoms with Crippen LogP contribution in [0.15, 0.2) is 30.3 Å². The highest BCUT2D eigenvalue weighted by molar-refractivity contribution is 8.08. The Kier molecular flexibility index (Phi) is 6.46. The van der Waals surface area contributed by atoms with Crippen LogP contribution in [-0.4, -0.2) is 19.1 Å². The molecule has 1 aromatic carbocycles. The summed E-state index contributed by atoms with van der Waals surface area (Å²) >= 11 is 5.21. The van der Waals surface area contributed by atoms with Crippen LogP contribution in [0.3, 0.4) is 0 Å². The summed E-state index contributed by atoms with van der Waals surface area (Å²) in [6, 6.07) is 8.84. The van der Waals surface area contributed by atoms with Crippen molar-refractivity contribution in [2.75, 3.05) is 13.2 Å². The Morgan fingerprint density at radius 3 is 2.28 bits per heavy atom. The van der Waals surface area contributed by atoms with E-state index in [-0.39, 0.29) is 5.91 Å². The zero-order valence-corrected chi connectivity index (χ0v) is 12.1. The molecule has 5 nitrogen and oxygen atoms in total.